The van der Waals surface area contributed by atoms with Gasteiger partial charge in [-0.15, -0.1) is 0 Å². The Kier molecular flexibility index (Phi) is 4.82. The molecule has 0 aliphatic carbocycles. The SMILES string of the molecule is O=S(=O)(Nc1cc(F)ccc1F)c1ccc(C2CCOCC2)cc1. The lowest BCUT2D eigenvalue weighted by molar-refractivity contribution is 0.0853. The molecule has 24 heavy (non-hydrogen) atoms. The Morgan fingerprint density at radius 1 is 1.00 bits per heavy atom. The summed E-state index contributed by atoms with van der Waals surface area (Å²) in [5, 5.41) is 0. The fraction of sp³-hybridized carbons (Fsp3) is 0.294. The van der Waals surface area contributed by atoms with Gasteiger partial charge in [-0.2, -0.15) is 0 Å². The summed E-state index contributed by atoms with van der Waals surface area (Å²) in [7, 11) is -3.98. The highest BCUT2D eigenvalue weighted by Crippen LogP contribution is 2.28. The lowest BCUT2D eigenvalue weighted by Crippen LogP contribution is -2.16. The van der Waals surface area contributed by atoms with Crippen molar-refractivity contribution in [1.29, 1.82) is 0 Å². The number of sulfonamides is 1. The van der Waals surface area contributed by atoms with Crippen LogP contribution in [0.15, 0.2) is 47.4 Å². The van der Waals surface area contributed by atoms with E-state index in [9.17, 15) is 17.2 Å². The molecule has 1 saturated heterocycles. The van der Waals surface area contributed by atoms with Crippen molar-refractivity contribution < 1.29 is 21.9 Å². The molecule has 0 unspecified atom stereocenters. The first-order valence-electron chi connectivity index (χ1n) is 7.61. The van der Waals surface area contributed by atoms with Gasteiger partial charge < -0.3 is 4.74 Å². The van der Waals surface area contributed by atoms with Crippen molar-refractivity contribution in [2.75, 3.05) is 17.9 Å². The number of benzene rings is 2. The van der Waals surface area contributed by atoms with E-state index in [2.05, 4.69) is 4.72 Å². The van der Waals surface area contributed by atoms with Gasteiger partial charge >= 0.3 is 0 Å². The zero-order valence-electron chi connectivity index (χ0n) is 12.8. The number of anilines is 1. The second-order valence-corrected chi connectivity index (χ2v) is 7.37. The lowest BCUT2D eigenvalue weighted by Gasteiger charge is -2.22. The number of hydrogen-bond donors (Lipinski definition) is 1. The van der Waals surface area contributed by atoms with Crippen molar-refractivity contribution in [3.63, 3.8) is 0 Å². The van der Waals surface area contributed by atoms with Gasteiger partial charge in [-0.05, 0) is 48.6 Å². The van der Waals surface area contributed by atoms with E-state index in [0.717, 1.165) is 36.6 Å². The minimum Gasteiger partial charge on any atom is -0.381 e. The molecule has 128 valence electrons. The lowest BCUT2D eigenvalue weighted by atomic mass is 9.92. The third kappa shape index (κ3) is 3.73. The standard InChI is InChI=1S/C17H17F2NO3S/c18-14-3-6-16(19)17(11-14)20-24(21,22)15-4-1-12(2-5-15)13-7-9-23-10-8-13/h1-6,11,13,20H,7-10H2. The molecule has 0 amide bonds. The molecule has 0 aromatic heterocycles. The van der Waals surface area contributed by atoms with Crippen LogP contribution in [0, 0.1) is 11.6 Å². The number of rotatable bonds is 4. The fourth-order valence-corrected chi connectivity index (χ4v) is 3.79. The number of hydrogen-bond acceptors (Lipinski definition) is 3. The van der Waals surface area contributed by atoms with Crippen LogP contribution < -0.4 is 4.72 Å². The normalized spacial score (nSPS) is 16.1. The van der Waals surface area contributed by atoms with Crippen LogP contribution in [0.1, 0.15) is 24.3 Å². The first-order valence-corrected chi connectivity index (χ1v) is 9.09. The van der Waals surface area contributed by atoms with Gasteiger partial charge in [0.1, 0.15) is 11.6 Å². The highest BCUT2D eigenvalue weighted by molar-refractivity contribution is 7.92. The summed E-state index contributed by atoms with van der Waals surface area (Å²) in [5.41, 5.74) is 0.637. The van der Waals surface area contributed by atoms with Gasteiger partial charge in [0.05, 0.1) is 10.6 Å². The Bertz CT molecular complexity index is 816. The van der Waals surface area contributed by atoms with Gasteiger partial charge in [0, 0.05) is 19.3 Å². The van der Waals surface area contributed by atoms with E-state index in [-0.39, 0.29) is 4.90 Å². The van der Waals surface area contributed by atoms with Crippen LogP contribution in [0.4, 0.5) is 14.5 Å². The predicted molar refractivity (Wildman–Crippen MR) is 86.4 cm³/mol. The van der Waals surface area contributed by atoms with Crippen LogP contribution in [0.5, 0.6) is 0 Å². The van der Waals surface area contributed by atoms with Crippen LogP contribution >= 0.6 is 0 Å². The zero-order valence-corrected chi connectivity index (χ0v) is 13.7. The molecule has 1 aliphatic heterocycles. The van der Waals surface area contributed by atoms with E-state index in [4.69, 9.17) is 4.74 Å². The van der Waals surface area contributed by atoms with E-state index < -0.39 is 27.3 Å². The van der Waals surface area contributed by atoms with Gasteiger partial charge in [0.25, 0.3) is 10.0 Å². The Balaban J connectivity index is 1.80. The highest BCUT2D eigenvalue weighted by atomic mass is 32.2. The third-order valence-corrected chi connectivity index (χ3v) is 5.44. The average Bonchev–Trinajstić information content (AvgIpc) is 2.59. The predicted octanol–water partition coefficient (Wildman–Crippen LogP) is 3.66. The summed E-state index contributed by atoms with van der Waals surface area (Å²) < 4.78 is 58.8. The van der Waals surface area contributed by atoms with Crippen molar-refractivity contribution >= 4 is 15.7 Å². The summed E-state index contributed by atoms with van der Waals surface area (Å²) >= 11 is 0. The van der Waals surface area contributed by atoms with Crippen LogP contribution in [0.25, 0.3) is 0 Å². The summed E-state index contributed by atoms with van der Waals surface area (Å²) in [4.78, 5) is 0.00182. The second-order valence-electron chi connectivity index (χ2n) is 5.69. The van der Waals surface area contributed by atoms with Crippen molar-refractivity contribution in [1.82, 2.24) is 0 Å². The number of nitrogens with one attached hydrogen (secondary N) is 1. The van der Waals surface area contributed by atoms with E-state index in [1.807, 2.05) is 0 Å². The van der Waals surface area contributed by atoms with E-state index in [0.29, 0.717) is 19.1 Å². The molecular weight excluding hydrogens is 336 g/mol. The van der Waals surface area contributed by atoms with Gasteiger partial charge in [-0.1, -0.05) is 12.1 Å². The molecular formula is C17H17F2NO3S. The van der Waals surface area contributed by atoms with Crippen LogP contribution in [-0.4, -0.2) is 21.6 Å². The molecule has 4 nitrogen and oxygen atoms in total. The Morgan fingerprint density at radius 3 is 2.33 bits per heavy atom. The van der Waals surface area contributed by atoms with Gasteiger partial charge in [0.2, 0.25) is 0 Å². The first-order chi connectivity index (χ1) is 11.5. The molecule has 3 rings (SSSR count). The minimum absolute atomic E-state index is 0.00182. The molecule has 7 heteroatoms. The molecule has 1 aliphatic rings. The first kappa shape index (κ1) is 16.9. The van der Waals surface area contributed by atoms with Crippen LogP contribution in [0.2, 0.25) is 0 Å². The van der Waals surface area contributed by atoms with E-state index in [1.54, 1.807) is 12.1 Å². The number of halogens is 2. The molecule has 0 bridgehead atoms. The molecule has 0 spiro atoms. The molecule has 0 atom stereocenters. The Labute approximate surface area is 139 Å². The molecule has 0 radical (unpaired) electrons. The Morgan fingerprint density at radius 2 is 1.67 bits per heavy atom. The summed E-state index contributed by atoms with van der Waals surface area (Å²) in [6.45, 7) is 1.40. The topological polar surface area (TPSA) is 55.4 Å². The maximum absolute atomic E-state index is 13.6. The molecule has 1 fully saturated rings. The van der Waals surface area contributed by atoms with Gasteiger partial charge in [-0.3, -0.25) is 4.72 Å². The molecule has 1 heterocycles. The van der Waals surface area contributed by atoms with Crippen LogP contribution in [-0.2, 0) is 14.8 Å². The average molecular weight is 353 g/mol. The summed E-state index contributed by atoms with van der Waals surface area (Å²) in [6.07, 6.45) is 1.80. The smallest absolute Gasteiger partial charge is 0.261 e. The highest BCUT2D eigenvalue weighted by Gasteiger charge is 2.19. The molecule has 2 aromatic rings. The largest absolute Gasteiger partial charge is 0.381 e. The maximum Gasteiger partial charge on any atom is 0.261 e. The van der Waals surface area contributed by atoms with Gasteiger partial charge in [-0.25, -0.2) is 17.2 Å². The van der Waals surface area contributed by atoms with Crippen molar-refractivity contribution in [2.24, 2.45) is 0 Å². The summed E-state index contributed by atoms with van der Waals surface area (Å²) in [5.74, 6) is -1.20. The van der Waals surface area contributed by atoms with E-state index in [1.165, 1.54) is 12.1 Å². The van der Waals surface area contributed by atoms with Crippen molar-refractivity contribution in [3.05, 3.63) is 59.7 Å². The number of ether oxygens (including phenoxy) is 1. The van der Waals surface area contributed by atoms with Crippen molar-refractivity contribution in [2.45, 2.75) is 23.7 Å². The second kappa shape index (κ2) is 6.86. The van der Waals surface area contributed by atoms with E-state index >= 15 is 0 Å². The molecule has 1 N–H and O–H groups in total. The van der Waals surface area contributed by atoms with Crippen LogP contribution in [0.3, 0.4) is 0 Å². The monoisotopic (exact) mass is 353 g/mol. The third-order valence-electron chi connectivity index (χ3n) is 4.06. The van der Waals surface area contributed by atoms with Gasteiger partial charge in [0.15, 0.2) is 0 Å². The quantitative estimate of drug-likeness (QED) is 0.913. The van der Waals surface area contributed by atoms with Crippen molar-refractivity contribution in [3.8, 4) is 0 Å². The maximum atomic E-state index is 13.6. The molecule has 2 aromatic carbocycles. The minimum atomic E-state index is -3.98. The summed E-state index contributed by atoms with van der Waals surface area (Å²) in [6, 6.07) is 9.08. The zero-order chi connectivity index (χ0) is 17.2. The Hall–Kier alpha value is -1.99. The fourth-order valence-electron chi connectivity index (χ4n) is 2.73. The molecule has 0 saturated carbocycles.